The van der Waals surface area contributed by atoms with Crippen molar-refractivity contribution >= 4 is 39.3 Å². The summed E-state index contributed by atoms with van der Waals surface area (Å²) in [5.41, 5.74) is 1.81. The number of carbonyl (C=O) groups is 1. The first-order chi connectivity index (χ1) is 21.8. The van der Waals surface area contributed by atoms with E-state index in [-0.39, 0.29) is 23.6 Å². The van der Waals surface area contributed by atoms with Crippen LogP contribution in [0.2, 0.25) is 0 Å². The van der Waals surface area contributed by atoms with Crippen molar-refractivity contribution < 1.29 is 32.9 Å². The molecule has 0 aliphatic carbocycles. The van der Waals surface area contributed by atoms with E-state index in [4.69, 9.17) is 23.7 Å². The van der Waals surface area contributed by atoms with Crippen LogP contribution in [0.1, 0.15) is 36.6 Å². The molecule has 12 heteroatoms. The second-order valence-corrected chi connectivity index (χ2v) is 11.6. The minimum absolute atomic E-state index is 0.129. The van der Waals surface area contributed by atoms with Crippen LogP contribution in [-0.4, -0.2) is 38.0 Å². The summed E-state index contributed by atoms with van der Waals surface area (Å²) in [6.45, 7) is 4.72. The van der Waals surface area contributed by atoms with Gasteiger partial charge in [0, 0.05) is 6.20 Å². The molecule has 1 aliphatic heterocycles. The fraction of sp³-hybridized carbons (Fsp3) is 0.242. The summed E-state index contributed by atoms with van der Waals surface area (Å²) in [6, 6.07) is 14.2. The topological polar surface area (TPSA) is 97.6 Å². The number of aromatic nitrogens is 1. The monoisotopic (exact) mass is 696 g/mol. The summed E-state index contributed by atoms with van der Waals surface area (Å²) in [5, 5.41) is 0. The Bertz CT molecular complexity index is 1950. The Hall–Kier alpha value is -4.42. The summed E-state index contributed by atoms with van der Waals surface area (Å²) < 4.78 is 44.2. The zero-order chi connectivity index (χ0) is 32.1. The third-order valence-electron chi connectivity index (χ3n) is 6.83. The summed E-state index contributed by atoms with van der Waals surface area (Å²) in [5.74, 6) is 0.954. The predicted octanol–water partition coefficient (Wildman–Crippen LogP) is 5.30. The van der Waals surface area contributed by atoms with E-state index in [1.807, 2.05) is 13.8 Å². The molecule has 0 radical (unpaired) electrons. The van der Waals surface area contributed by atoms with Gasteiger partial charge >= 0.3 is 5.97 Å². The van der Waals surface area contributed by atoms with Gasteiger partial charge in [-0.3, -0.25) is 9.36 Å². The van der Waals surface area contributed by atoms with Crippen LogP contribution in [0.3, 0.4) is 0 Å². The van der Waals surface area contributed by atoms with Crippen molar-refractivity contribution in [3.8, 4) is 23.0 Å². The number of rotatable bonds is 11. The fourth-order valence-electron chi connectivity index (χ4n) is 4.88. The van der Waals surface area contributed by atoms with Gasteiger partial charge in [0.1, 0.15) is 12.4 Å². The molecule has 0 saturated heterocycles. The first-order valence-corrected chi connectivity index (χ1v) is 15.6. The third-order valence-corrected chi connectivity index (χ3v) is 8.42. The fourth-order valence-corrected chi connectivity index (χ4v) is 6.43. The quantitative estimate of drug-likeness (QED) is 0.196. The molecule has 4 aromatic rings. The number of nitrogens with zero attached hydrogens (tertiary/aromatic N) is 2. The molecule has 1 atom stereocenters. The van der Waals surface area contributed by atoms with E-state index in [9.17, 15) is 14.0 Å². The van der Waals surface area contributed by atoms with Crippen LogP contribution in [0.25, 0.3) is 6.08 Å². The molecule has 45 heavy (non-hydrogen) atoms. The molecular formula is C33H30BrFN2O7S. The second-order valence-electron chi connectivity index (χ2n) is 9.70. The van der Waals surface area contributed by atoms with Gasteiger partial charge in [-0.15, -0.1) is 0 Å². The summed E-state index contributed by atoms with van der Waals surface area (Å²) in [6.07, 6.45) is 3.16. The lowest BCUT2D eigenvalue weighted by atomic mass is 9.97. The summed E-state index contributed by atoms with van der Waals surface area (Å²) in [4.78, 5) is 31.7. The Morgan fingerprint density at radius 1 is 1.02 bits per heavy atom. The molecule has 0 saturated carbocycles. The number of halogens is 2. The van der Waals surface area contributed by atoms with Crippen molar-refractivity contribution in [3.05, 3.63) is 113 Å². The molecule has 0 fully saturated rings. The molecule has 0 unspecified atom stereocenters. The Labute approximate surface area is 270 Å². The molecule has 0 N–H and O–H groups in total. The van der Waals surface area contributed by atoms with Gasteiger partial charge in [-0.1, -0.05) is 29.5 Å². The molecule has 5 rings (SSSR count). The zero-order valence-corrected chi connectivity index (χ0v) is 27.4. The number of hydrogen-bond donors (Lipinski definition) is 0. The van der Waals surface area contributed by atoms with E-state index in [0.29, 0.717) is 66.7 Å². The van der Waals surface area contributed by atoms with Crippen LogP contribution < -0.4 is 33.8 Å². The average Bonchev–Trinajstić information content (AvgIpc) is 3.35. The highest BCUT2D eigenvalue weighted by molar-refractivity contribution is 9.10. The van der Waals surface area contributed by atoms with E-state index in [1.165, 1.54) is 48.5 Å². The highest BCUT2D eigenvalue weighted by atomic mass is 79.9. The lowest BCUT2D eigenvalue weighted by Gasteiger charge is -2.23. The van der Waals surface area contributed by atoms with E-state index < -0.39 is 12.0 Å². The normalized spacial score (nSPS) is 14.2. The first-order valence-electron chi connectivity index (χ1n) is 14.0. The summed E-state index contributed by atoms with van der Waals surface area (Å²) >= 11 is 4.73. The van der Waals surface area contributed by atoms with Crippen LogP contribution in [0.4, 0.5) is 4.39 Å². The Balaban J connectivity index is 1.56. The van der Waals surface area contributed by atoms with Crippen LogP contribution >= 0.6 is 27.3 Å². The molecule has 9 nitrogen and oxygen atoms in total. The maximum absolute atomic E-state index is 14.0. The summed E-state index contributed by atoms with van der Waals surface area (Å²) in [7, 11) is 2.79. The van der Waals surface area contributed by atoms with Crippen LogP contribution in [0, 0.1) is 5.82 Å². The van der Waals surface area contributed by atoms with E-state index in [2.05, 4.69) is 20.9 Å². The van der Waals surface area contributed by atoms with Gasteiger partial charge in [-0.2, -0.15) is 0 Å². The highest BCUT2D eigenvalue weighted by Gasteiger charge is 2.31. The van der Waals surface area contributed by atoms with Crippen molar-refractivity contribution in [2.75, 3.05) is 27.4 Å². The number of carbonyl (C=O) groups excluding carboxylic acids is 1. The second kappa shape index (κ2) is 14.1. The minimum Gasteiger partial charge on any atom is -0.493 e. The van der Waals surface area contributed by atoms with Crippen LogP contribution in [0.5, 0.6) is 23.0 Å². The van der Waals surface area contributed by atoms with Crippen molar-refractivity contribution in [2.45, 2.75) is 26.5 Å². The Morgan fingerprint density at radius 2 is 1.80 bits per heavy atom. The van der Waals surface area contributed by atoms with Crippen LogP contribution in [-0.2, 0) is 16.1 Å². The van der Waals surface area contributed by atoms with Gasteiger partial charge in [0.15, 0.2) is 27.8 Å². The van der Waals surface area contributed by atoms with Gasteiger partial charge < -0.3 is 23.7 Å². The molecule has 0 spiro atoms. The molecule has 2 heterocycles. The third kappa shape index (κ3) is 6.81. The number of fused-ring (bicyclic) bond motifs is 1. The lowest BCUT2D eigenvalue weighted by molar-refractivity contribution is -0.136. The molecular weight excluding hydrogens is 667 g/mol. The average molecular weight is 698 g/mol. The molecule has 0 amide bonds. The number of benzene rings is 3. The maximum Gasteiger partial charge on any atom is 0.337 e. The van der Waals surface area contributed by atoms with Crippen molar-refractivity contribution in [2.24, 2.45) is 4.99 Å². The van der Waals surface area contributed by atoms with Gasteiger partial charge in [-0.25, -0.2) is 14.2 Å². The van der Waals surface area contributed by atoms with Crippen LogP contribution in [0.15, 0.2) is 80.6 Å². The van der Waals surface area contributed by atoms with Gasteiger partial charge in [0.2, 0.25) is 0 Å². The van der Waals surface area contributed by atoms with Gasteiger partial charge in [-0.05, 0) is 88.9 Å². The first kappa shape index (κ1) is 32.0. The molecule has 3 aromatic carbocycles. The van der Waals surface area contributed by atoms with Gasteiger partial charge in [0.05, 0.1) is 48.1 Å². The van der Waals surface area contributed by atoms with Crippen molar-refractivity contribution in [1.29, 1.82) is 0 Å². The number of ether oxygens (including phenoxy) is 5. The van der Waals surface area contributed by atoms with Crippen molar-refractivity contribution in [1.82, 2.24) is 4.57 Å². The van der Waals surface area contributed by atoms with E-state index >= 15 is 0 Å². The number of thiazole rings is 1. The number of methoxy groups -OCH3 is 2. The predicted molar refractivity (Wildman–Crippen MR) is 171 cm³/mol. The maximum atomic E-state index is 14.0. The minimum atomic E-state index is -0.814. The SMILES string of the molecule is CCOc1ccc([C@H]2C(C(=O)OC)=CN=c3s/c(=C\c4cc(Br)c(OCc5cccc(F)c5)c(OC)c4)c(=O)n32)cc1OCC. The molecule has 1 aromatic heterocycles. The van der Waals surface area contributed by atoms with Gasteiger partial charge in [0.25, 0.3) is 5.56 Å². The largest absolute Gasteiger partial charge is 0.493 e. The molecule has 0 bridgehead atoms. The van der Waals surface area contributed by atoms with E-state index in [0.717, 1.165) is 0 Å². The lowest BCUT2D eigenvalue weighted by Crippen LogP contribution is -2.39. The number of hydrogen-bond acceptors (Lipinski definition) is 9. The standard InChI is InChI=1S/C33H30BrFN2O7S/c1-5-42-25-11-10-21(16-26(25)43-6-2)29-23(32(39)41-4)17-36-33-37(29)31(38)28(45-33)15-20-13-24(34)30(27(14-20)40-3)44-18-19-8-7-9-22(35)12-19/h7-17,29H,5-6,18H2,1-4H3/b28-15-/t29-/m0/s1. The molecule has 234 valence electrons. The van der Waals surface area contributed by atoms with E-state index in [1.54, 1.807) is 48.5 Å². The Morgan fingerprint density at radius 3 is 2.51 bits per heavy atom. The molecule has 1 aliphatic rings. The number of esters is 1. The smallest absolute Gasteiger partial charge is 0.337 e. The van der Waals surface area contributed by atoms with Crippen molar-refractivity contribution in [3.63, 3.8) is 0 Å². The highest BCUT2D eigenvalue weighted by Crippen LogP contribution is 2.38. The zero-order valence-electron chi connectivity index (χ0n) is 25.0. The Kier molecular flexibility index (Phi) is 10.0.